The number of rotatable bonds is 5. The Balaban J connectivity index is 1.23. The highest BCUT2D eigenvalue weighted by Gasteiger charge is 2.48. The first-order valence-electron chi connectivity index (χ1n) is 13.1. The molecular formula is C29H27BrF3N5OS. The van der Waals surface area contributed by atoms with Crippen molar-refractivity contribution in [3.8, 4) is 0 Å². The zero-order valence-corrected chi connectivity index (χ0v) is 23.8. The minimum absolute atomic E-state index is 0.000279. The number of hydrogen-bond acceptors (Lipinski definition) is 5. The molecule has 11 heteroatoms. The van der Waals surface area contributed by atoms with Gasteiger partial charge in [-0.3, -0.25) is 9.69 Å². The van der Waals surface area contributed by atoms with Gasteiger partial charge in [0.15, 0.2) is 11.7 Å². The summed E-state index contributed by atoms with van der Waals surface area (Å²) in [6, 6.07) is 21.8. The largest absolute Gasteiger partial charge is 0.410 e. The minimum atomic E-state index is -4.51. The van der Waals surface area contributed by atoms with Crippen LogP contribution in [0.1, 0.15) is 51.0 Å². The van der Waals surface area contributed by atoms with Gasteiger partial charge >= 0.3 is 6.18 Å². The number of nitrogens with zero attached hydrogens (tertiary/aromatic N) is 4. The van der Waals surface area contributed by atoms with Crippen LogP contribution in [0.2, 0.25) is 0 Å². The van der Waals surface area contributed by atoms with Crippen molar-refractivity contribution < 1.29 is 18.0 Å². The van der Waals surface area contributed by atoms with Crippen LogP contribution in [0, 0.1) is 0 Å². The molecule has 2 aromatic heterocycles. The van der Waals surface area contributed by atoms with Crippen molar-refractivity contribution in [3.63, 3.8) is 0 Å². The van der Waals surface area contributed by atoms with Gasteiger partial charge in [-0.1, -0.05) is 66.7 Å². The Morgan fingerprint density at radius 2 is 1.57 bits per heavy atom. The molecule has 4 heterocycles. The number of amides is 1. The van der Waals surface area contributed by atoms with Crippen molar-refractivity contribution in [1.82, 2.24) is 19.6 Å². The van der Waals surface area contributed by atoms with Gasteiger partial charge in [0, 0.05) is 37.5 Å². The van der Waals surface area contributed by atoms with E-state index in [0.717, 1.165) is 9.56 Å². The molecule has 0 radical (unpaired) electrons. The maximum absolute atomic E-state index is 14.1. The van der Waals surface area contributed by atoms with Crippen molar-refractivity contribution in [2.75, 3.05) is 31.5 Å². The zero-order valence-electron chi connectivity index (χ0n) is 21.4. The van der Waals surface area contributed by atoms with E-state index in [-0.39, 0.29) is 34.4 Å². The highest BCUT2D eigenvalue weighted by atomic mass is 79.9. The van der Waals surface area contributed by atoms with Gasteiger partial charge in [0.25, 0.3) is 5.91 Å². The molecule has 0 saturated carbocycles. The summed E-state index contributed by atoms with van der Waals surface area (Å²) in [7, 11) is 0. The fourth-order valence-corrected chi connectivity index (χ4v) is 6.96. The molecule has 6 nitrogen and oxygen atoms in total. The molecule has 2 aromatic carbocycles. The average Bonchev–Trinajstić information content (AvgIpc) is 3.62. The highest BCUT2D eigenvalue weighted by Crippen LogP contribution is 2.47. The summed E-state index contributed by atoms with van der Waals surface area (Å²) >= 11 is 4.82. The van der Waals surface area contributed by atoms with Gasteiger partial charge in [-0.05, 0) is 38.5 Å². The molecule has 40 heavy (non-hydrogen) atoms. The van der Waals surface area contributed by atoms with Gasteiger partial charge in [-0.2, -0.15) is 18.3 Å². The molecule has 1 saturated heterocycles. The first-order chi connectivity index (χ1) is 19.3. The summed E-state index contributed by atoms with van der Waals surface area (Å²) in [6.07, 6.45) is -4.70. The monoisotopic (exact) mass is 629 g/mol. The number of piperazine rings is 1. The Kier molecular flexibility index (Phi) is 7.45. The van der Waals surface area contributed by atoms with Crippen molar-refractivity contribution in [1.29, 1.82) is 0 Å². The minimum Gasteiger partial charge on any atom is -0.362 e. The molecule has 0 bridgehead atoms. The maximum atomic E-state index is 14.1. The summed E-state index contributed by atoms with van der Waals surface area (Å²) in [6.45, 7) is 2.12. The van der Waals surface area contributed by atoms with Gasteiger partial charge in [0.1, 0.15) is 5.82 Å². The summed E-state index contributed by atoms with van der Waals surface area (Å²) in [5.74, 6) is -0.193. The van der Waals surface area contributed by atoms with Crippen LogP contribution < -0.4 is 5.32 Å². The molecule has 2 atom stereocenters. The number of hydrogen-bond donors (Lipinski definition) is 1. The molecule has 0 unspecified atom stereocenters. The molecule has 1 fully saturated rings. The van der Waals surface area contributed by atoms with E-state index in [4.69, 9.17) is 0 Å². The third-order valence-corrected chi connectivity index (χ3v) is 9.32. The Hall–Kier alpha value is -3.15. The number of thiophene rings is 1. The van der Waals surface area contributed by atoms with Crippen LogP contribution in [0.15, 0.2) is 82.6 Å². The topological polar surface area (TPSA) is 53.4 Å². The second-order valence-electron chi connectivity index (χ2n) is 10.0. The Labute approximate surface area is 242 Å². The first-order valence-corrected chi connectivity index (χ1v) is 14.8. The fourth-order valence-electron chi connectivity index (χ4n) is 5.62. The Morgan fingerprint density at radius 3 is 2.12 bits per heavy atom. The van der Waals surface area contributed by atoms with Crippen molar-refractivity contribution in [3.05, 3.63) is 104 Å². The fraction of sp³-hybridized carbons (Fsp3) is 0.310. The van der Waals surface area contributed by atoms with Crippen LogP contribution in [-0.4, -0.2) is 57.8 Å². The second-order valence-corrected chi connectivity index (χ2v) is 11.8. The van der Waals surface area contributed by atoms with Crippen LogP contribution in [0.3, 0.4) is 0 Å². The van der Waals surface area contributed by atoms with E-state index in [0.29, 0.717) is 26.2 Å². The predicted octanol–water partition coefficient (Wildman–Crippen LogP) is 6.91. The summed E-state index contributed by atoms with van der Waals surface area (Å²) < 4.78 is 43.6. The lowest BCUT2D eigenvalue weighted by Crippen LogP contribution is -2.50. The van der Waals surface area contributed by atoms with Crippen LogP contribution in [0.4, 0.5) is 19.0 Å². The third-order valence-electron chi connectivity index (χ3n) is 7.58. The number of carbonyl (C=O) groups is 1. The molecule has 2 aliphatic rings. The standard InChI is InChI=1S/C29H27BrF3N5OS/c30-24-25(35-38-23(29(31,32)33)18-21(34-27(24)38)22-12-7-17-40-22)28(39)37-15-13-36(14-16-37)26(19-8-3-1-4-9-19)20-10-5-2-6-11-20/h1-12,17,21,23,26,34H,13-16,18H2/t21-,23+/m0/s1. The van der Waals surface area contributed by atoms with Crippen molar-refractivity contribution in [2.24, 2.45) is 0 Å². The van der Waals surface area contributed by atoms with Gasteiger partial charge in [-0.15, -0.1) is 11.3 Å². The van der Waals surface area contributed by atoms with Gasteiger partial charge < -0.3 is 10.2 Å². The SMILES string of the molecule is O=C(c1nn2c(c1Br)N[C@H](c1cccs1)C[C@@H]2C(F)(F)F)N1CCN(C(c2ccccc2)c2ccccc2)CC1. The molecular weight excluding hydrogens is 603 g/mol. The number of fused-ring (bicyclic) bond motifs is 1. The maximum Gasteiger partial charge on any atom is 0.410 e. The average molecular weight is 631 g/mol. The number of carbonyl (C=O) groups excluding carboxylic acids is 1. The number of alkyl halides is 3. The molecule has 0 aliphatic carbocycles. The molecule has 0 spiro atoms. The van der Waals surface area contributed by atoms with E-state index >= 15 is 0 Å². The van der Waals surface area contributed by atoms with Gasteiger partial charge in [0.05, 0.1) is 16.6 Å². The Bertz CT molecular complexity index is 1410. The van der Waals surface area contributed by atoms with Gasteiger partial charge in [-0.25, -0.2) is 4.68 Å². The van der Waals surface area contributed by atoms with Crippen molar-refractivity contribution >= 4 is 39.0 Å². The third kappa shape index (κ3) is 5.17. The molecule has 2 aliphatic heterocycles. The second kappa shape index (κ2) is 11.0. The van der Waals surface area contributed by atoms with Gasteiger partial charge in [0.2, 0.25) is 0 Å². The first kappa shape index (κ1) is 27.0. The van der Waals surface area contributed by atoms with E-state index in [9.17, 15) is 18.0 Å². The van der Waals surface area contributed by atoms with E-state index in [1.54, 1.807) is 4.90 Å². The number of halogens is 4. The highest BCUT2D eigenvalue weighted by molar-refractivity contribution is 9.10. The predicted molar refractivity (Wildman–Crippen MR) is 153 cm³/mol. The number of aromatic nitrogens is 2. The van der Waals surface area contributed by atoms with Crippen LogP contribution in [0.25, 0.3) is 0 Å². The zero-order chi connectivity index (χ0) is 27.9. The molecule has 6 rings (SSSR count). The van der Waals surface area contributed by atoms with E-state index < -0.39 is 18.3 Å². The summed E-state index contributed by atoms with van der Waals surface area (Å²) in [5, 5.41) is 9.26. The summed E-state index contributed by atoms with van der Waals surface area (Å²) in [4.78, 5) is 18.4. The Morgan fingerprint density at radius 1 is 0.950 bits per heavy atom. The van der Waals surface area contributed by atoms with Crippen LogP contribution in [0.5, 0.6) is 0 Å². The van der Waals surface area contributed by atoms with Crippen LogP contribution in [-0.2, 0) is 0 Å². The van der Waals surface area contributed by atoms with Crippen molar-refractivity contribution in [2.45, 2.75) is 30.7 Å². The van der Waals surface area contributed by atoms with E-state index in [2.05, 4.69) is 55.5 Å². The lowest BCUT2D eigenvalue weighted by molar-refractivity contribution is -0.173. The molecule has 208 valence electrons. The van der Waals surface area contributed by atoms with E-state index in [1.807, 2.05) is 53.9 Å². The normalized spacial score (nSPS) is 19.9. The lowest BCUT2D eigenvalue weighted by Gasteiger charge is -2.39. The molecule has 4 aromatic rings. The molecule has 1 amide bonds. The molecule has 1 N–H and O–H groups in total. The number of anilines is 1. The summed E-state index contributed by atoms with van der Waals surface area (Å²) in [5.41, 5.74) is 2.34. The lowest BCUT2D eigenvalue weighted by atomic mass is 9.96. The van der Waals surface area contributed by atoms with E-state index in [1.165, 1.54) is 22.5 Å². The van der Waals surface area contributed by atoms with Crippen LogP contribution >= 0.6 is 27.3 Å². The quantitative estimate of drug-likeness (QED) is 0.260. The smallest absolute Gasteiger partial charge is 0.362 e. The number of nitrogens with one attached hydrogen (secondary N) is 1. The number of benzene rings is 2.